The third-order valence-corrected chi connectivity index (χ3v) is 7.81. The van der Waals surface area contributed by atoms with Crippen molar-refractivity contribution < 1.29 is 0 Å². The van der Waals surface area contributed by atoms with Gasteiger partial charge >= 0.3 is 0 Å². The Bertz CT molecular complexity index is 898. The van der Waals surface area contributed by atoms with Crippen molar-refractivity contribution in [3.63, 3.8) is 0 Å². The van der Waals surface area contributed by atoms with Crippen molar-refractivity contribution in [2.75, 3.05) is 31.1 Å². The van der Waals surface area contributed by atoms with E-state index in [0.29, 0.717) is 12.0 Å². The number of rotatable bonds is 7. The molecule has 1 saturated heterocycles. The van der Waals surface area contributed by atoms with E-state index in [1.165, 1.54) is 47.1 Å². The normalized spacial score (nSPS) is 17.3. The van der Waals surface area contributed by atoms with Crippen LogP contribution in [0.3, 0.4) is 0 Å². The molecule has 0 aliphatic carbocycles. The zero-order valence-electron chi connectivity index (χ0n) is 18.8. The lowest BCUT2D eigenvalue weighted by molar-refractivity contribution is 0.319. The highest BCUT2D eigenvalue weighted by Gasteiger charge is 2.29. The molecule has 0 aromatic heterocycles. The van der Waals surface area contributed by atoms with Crippen molar-refractivity contribution in [2.24, 2.45) is 5.92 Å². The van der Waals surface area contributed by atoms with Crippen LogP contribution < -0.4 is 10.2 Å². The maximum Gasteiger partial charge on any atom is 0.106 e. The summed E-state index contributed by atoms with van der Waals surface area (Å²) < 4.78 is 0. The lowest BCUT2D eigenvalue weighted by atomic mass is 10.1. The maximum absolute atomic E-state index is 5.75. The van der Waals surface area contributed by atoms with Crippen LogP contribution in [-0.2, 0) is 0 Å². The van der Waals surface area contributed by atoms with Gasteiger partial charge in [0.25, 0.3) is 0 Å². The minimum absolute atomic E-state index is 0. The van der Waals surface area contributed by atoms with Crippen LogP contribution >= 0.6 is 36.4 Å². The minimum Gasteiger partial charge on any atom is -0.376 e. The van der Waals surface area contributed by atoms with E-state index in [1.54, 1.807) is 0 Å². The predicted molar refractivity (Wildman–Crippen MR) is 141 cm³/mol. The van der Waals surface area contributed by atoms with Gasteiger partial charge in [0.05, 0.1) is 11.4 Å². The number of para-hydroxylation sites is 1. The third-order valence-electron chi connectivity index (χ3n) is 6.30. The number of nitrogens with zero attached hydrogens (tertiary/aromatic N) is 2. The molecule has 0 bridgehead atoms. The zero-order valence-corrected chi connectivity index (χ0v) is 21.2. The Hall–Kier alpha value is -1.27. The molecule has 0 saturated carbocycles. The van der Waals surface area contributed by atoms with Crippen molar-refractivity contribution in [1.82, 2.24) is 10.2 Å². The molecule has 4 rings (SSSR count). The first-order valence-corrected chi connectivity index (χ1v) is 12.5. The molecule has 0 radical (unpaired) electrons. The van der Waals surface area contributed by atoms with Crippen LogP contribution in [0.2, 0.25) is 0 Å². The Morgan fingerprint density at radius 1 is 1.06 bits per heavy atom. The standard InChI is InChI=1S/C25H33N3S2.ClH/c1-4-18(2)16-26-25(29)20-11-12-24-22(15-20)28(19(3)17-27-13-7-8-14-27)21-9-5-6-10-23(21)30-24;/h5-6,9-12,15,18-19H,4,7-8,13-14,16-17H2,1-3H3,(H,26,29);1H. The number of hydrogen-bond acceptors (Lipinski definition) is 4. The first-order valence-electron chi connectivity index (χ1n) is 11.3. The van der Waals surface area contributed by atoms with Crippen LogP contribution in [0.1, 0.15) is 45.6 Å². The molecule has 6 heteroatoms. The minimum atomic E-state index is 0. The molecule has 1 N–H and O–H groups in total. The second kappa shape index (κ2) is 11.0. The van der Waals surface area contributed by atoms with E-state index in [9.17, 15) is 0 Å². The molecule has 1 fully saturated rings. The van der Waals surface area contributed by atoms with Crippen molar-refractivity contribution in [1.29, 1.82) is 0 Å². The largest absolute Gasteiger partial charge is 0.376 e. The monoisotopic (exact) mass is 475 g/mol. The van der Waals surface area contributed by atoms with Gasteiger partial charge in [-0.15, -0.1) is 12.4 Å². The van der Waals surface area contributed by atoms with Gasteiger partial charge in [0.15, 0.2) is 0 Å². The molecule has 2 aliphatic rings. The van der Waals surface area contributed by atoms with Crippen LogP contribution in [0.4, 0.5) is 11.4 Å². The van der Waals surface area contributed by atoms with Crippen LogP contribution in [-0.4, -0.2) is 42.1 Å². The number of hydrogen-bond donors (Lipinski definition) is 1. The number of thiocarbonyl (C=S) groups is 1. The molecule has 2 aromatic carbocycles. The number of nitrogens with one attached hydrogen (secondary N) is 1. The Labute approximate surface area is 203 Å². The summed E-state index contributed by atoms with van der Waals surface area (Å²) in [6.45, 7) is 11.3. The number of likely N-dealkylation sites (tertiary alicyclic amines) is 1. The Balaban J connectivity index is 0.00000272. The molecule has 2 unspecified atom stereocenters. The van der Waals surface area contributed by atoms with E-state index >= 15 is 0 Å². The van der Waals surface area contributed by atoms with Gasteiger partial charge in [-0.25, -0.2) is 0 Å². The Kier molecular flexibility index (Phi) is 8.68. The van der Waals surface area contributed by atoms with Gasteiger partial charge in [0, 0.05) is 34.5 Å². The van der Waals surface area contributed by atoms with E-state index in [2.05, 4.69) is 78.4 Å². The molecule has 2 aliphatic heterocycles. The van der Waals surface area contributed by atoms with Crippen LogP contribution in [0.15, 0.2) is 52.3 Å². The van der Waals surface area contributed by atoms with Gasteiger partial charge in [-0.1, -0.05) is 62.4 Å². The highest BCUT2D eigenvalue weighted by Crippen LogP contribution is 2.49. The molecule has 3 nitrogen and oxygen atoms in total. The molecule has 2 aromatic rings. The van der Waals surface area contributed by atoms with Crippen molar-refractivity contribution in [3.8, 4) is 0 Å². The molecular formula is C25H34ClN3S2. The number of halogens is 1. The number of fused-ring (bicyclic) bond motifs is 2. The third kappa shape index (κ3) is 5.57. The van der Waals surface area contributed by atoms with Gasteiger partial charge in [0.1, 0.15) is 4.99 Å². The smallest absolute Gasteiger partial charge is 0.106 e. The first-order chi connectivity index (χ1) is 14.6. The molecule has 168 valence electrons. The van der Waals surface area contributed by atoms with Gasteiger partial charge in [-0.3, -0.25) is 0 Å². The number of benzene rings is 2. The highest BCUT2D eigenvalue weighted by molar-refractivity contribution is 7.99. The second-order valence-corrected chi connectivity index (χ2v) is 10.2. The maximum atomic E-state index is 5.75. The first kappa shape index (κ1) is 24.4. The topological polar surface area (TPSA) is 18.5 Å². The van der Waals surface area contributed by atoms with E-state index < -0.39 is 0 Å². The summed E-state index contributed by atoms with van der Waals surface area (Å²) in [5.74, 6) is 0.625. The lowest BCUT2D eigenvalue weighted by Crippen LogP contribution is -2.40. The summed E-state index contributed by atoms with van der Waals surface area (Å²) in [7, 11) is 0. The van der Waals surface area contributed by atoms with E-state index in [0.717, 1.165) is 30.1 Å². The van der Waals surface area contributed by atoms with Gasteiger partial charge < -0.3 is 15.1 Å². The average molecular weight is 476 g/mol. The summed E-state index contributed by atoms with van der Waals surface area (Å²) in [5, 5.41) is 3.48. The van der Waals surface area contributed by atoms with Gasteiger partial charge in [-0.2, -0.15) is 0 Å². The van der Waals surface area contributed by atoms with Gasteiger partial charge in [0.2, 0.25) is 0 Å². The quantitative estimate of drug-likeness (QED) is 0.459. The Morgan fingerprint density at radius 2 is 1.77 bits per heavy atom. The summed E-state index contributed by atoms with van der Waals surface area (Å²) in [6.07, 6.45) is 3.82. The SMILES string of the molecule is CCC(C)CNC(=S)c1ccc2c(c1)N(C(C)CN1CCCC1)c1ccccc1S2.Cl. The molecule has 2 atom stereocenters. The fourth-order valence-corrected chi connectivity index (χ4v) is 5.60. The average Bonchev–Trinajstić information content (AvgIpc) is 3.27. The summed E-state index contributed by atoms with van der Waals surface area (Å²) in [4.78, 5) is 8.66. The van der Waals surface area contributed by atoms with E-state index in [-0.39, 0.29) is 12.4 Å². The molecule has 2 heterocycles. The van der Waals surface area contributed by atoms with Crippen molar-refractivity contribution in [3.05, 3.63) is 48.0 Å². The molecular weight excluding hydrogens is 442 g/mol. The van der Waals surface area contributed by atoms with Crippen molar-refractivity contribution in [2.45, 2.75) is 55.9 Å². The number of anilines is 2. The van der Waals surface area contributed by atoms with Crippen LogP contribution in [0.25, 0.3) is 0 Å². The van der Waals surface area contributed by atoms with E-state index in [1.807, 2.05) is 11.8 Å². The van der Waals surface area contributed by atoms with Gasteiger partial charge in [-0.05, 0) is 63.0 Å². The van der Waals surface area contributed by atoms with Crippen molar-refractivity contribution >= 4 is 52.8 Å². The molecule has 0 spiro atoms. The highest BCUT2D eigenvalue weighted by atomic mass is 35.5. The van der Waals surface area contributed by atoms with Crippen LogP contribution in [0, 0.1) is 5.92 Å². The summed E-state index contributed by atoms with van der Waals surface area (Å²) in [5.41, 5.74) is 3.72. The zero-order chi connectivity index (χ0) is 21.1. The molecule has 0 amide bonds. The summed E-state index contributed by atoms with van der Waals surface area (Å²) >= 11 is 7.61. The fourth-order valence-electron chi connectivity index (χ4n) is 4.33. The lowest BCUT2D eigenvalue weighted by Gasteiger charge is -2.39. The van der Waals surface area contributed by atoms with E-state index in [4.69, 9.17) is 12.2 Å². The second-order valence-electron chi connectivity index (χ2n) is 8.70. The molecule has 31 heavy (non-hydrogen) atoms. The van der Waals surface area contributed by atoms with Crippen LogP contribution in [0.5, 0.6) is 0 Å². The Morgan fingerprint density at radius 3 is 2.52 bits per heavy atom. The summed E-state index contributed by atoms with van der Waals surface area (Å²) in [6, 6.07) is 15.9. The predicted octanol–water partition coefficient (Wildman–Crippen LogP) is 6.51. The fraction of sp³-hybridized carbons (Fsp3) is 0.480.